The lowest BCUT2D eigenvalue weighted by atomic mass is 10.2. The molecule has 1 N–H and O–H groups in total. The molecule has 0 unspecified atom stereocenters. The Hall–Kier alpha value is -1.58. The van der Waals surface area contributed by atoms with Crippen molar-refractivity contribution in [3.05, 3.63) is 66.2 Å². The van der Waals surface area contributed by atoms with E-state index in [0.717, 1.165) is 10.7 Å². The van der Waals surface area contributed by atoms with Crippen molar-refractivity contribution in [1.29, 1.82) is 0 Å². The first kappa shape index (κ1) is 11.5. The van der Waals surface area contributed by atoms with Gasteiger partial charge in [0.25, 0.3) is 0 Å². The maximum absolute atomic E-state index is 5.34. The Bertz CT molecular complexity index is 617. The zero-order valence-corrected chi connectivity index (χ0v) is 11.2. The molecule has 1 aliphatic heterocycles. The number of anilines is 1. The zero-order chi connectivity index (χ0) is 12.4. The number of fused-ring (bicyclic) bond motifs is 1. The van der Waals surface area contributed by atoms with Crippen LogP contribution in [-0.2, 0) is 0 Å². The van der Waals surface area contributed by atoms with Gasteiger partial charge in [-0.25, -0.2) is 0 Å². The molecule has 0 spiro atoms. The Morgan fingerprint density at radius 3 is 2.44 bits per heavy atom. The normalized spacial score (nSPS) is 14.2. The molecule has 0 aliphatic carbocycles. The second kappa shape index (κ2) is 4.96. The van der Waals surface area contributed by atoms with E-state index in [-0.39, 0.29) is 0 Å². The van der Waals surface area contributed by atoms with E-state index in [1.54, 1.807) is 11.8 Å². The summed E-state index contributed by atoms with van der Waals surface area (Å²) in [5, 5.41) is 3.26. The molecule has 0 fully saturated rings. The topological polar surface area (TPSA) is 12.0 Å². The minimum atomic E-state index is 0.756. The minimum absolute atomic E-state index is 0.756. The molecule has 18 heavy (non-hydrogen) atoms. The molecule has 0 aromatic heterocycles. The molecule has 0 bridgehead atoms. The van der Waals surface area contributed by atoms with Crippen LogP contribution < -0.4 is 5.32 Å². The Morgan fingerprint density at radius 2 is 1.61 bits per heavy atom. The van der Waals surface area contributed by atoms with Crippen molar-refractivity contribution in [2.75, 3.05) is 5.32 Å². The van der Waals surface area contributed by atoms with Gasteiger partial charge < -0.3 is 5.32 Å². The molecule has 88 valence electrons. The van der Waals surface area contributed by atoms with Crippen LogP contribution in [0.5, 0.6) is 0 Å². The maximum Gasteiger partial charge on any atom is 0.104 e. The van der Waals surface area contributed by atoms with Crippen LogP contribution in [0.4, 0.5) is 5.69 Å². The average Bonchev–Trinajstić information content (AvgIpc) is 2.57. The number of para-hydroxylation sites is 1. The molecule has 2 aromatic rings. The largest absolute Gasteiger partial charge is 0.346 e. The van der Waals surface area contributed by atoms with E-state index in [0.29, 0.717) is 0 Å². The number of nitrogens with one attached hydrogen (secondary N) is 1. The lowest BCUT2D eigenvalue weighted by molar-refractivity contribution is 1.46. The highest BCUT2D eigenvalue weighted by Gasteiger charge is 2.13. The van der Waals surface area contributed by atoms with Crippen LogP contribution in [0.1, 0.15) is 5.56 Å². The SMILES string of the molecule is S=C1C=C(c2ccccc2)Sc2ccccc2N1. The summed E-state index contributed by atoms with van der Waals surface area (Å²) in [6, 6.07) is 18.6. The van der Waals surface area contributed by atoms with E-state index in [1.807, 2.05) is 36.4 Å². The summed E-state index contributed by atoms with van der Waals surface area (Å²) in [5.41, 5.74) is 2.28. The van der Waals surface area contributed by atoms with E-state index >= 15 is 0 Å². The molecule has 1 aliphatic rings. The van der Waals surface area contributed by atoms with Gasteiger partial charge in [-0.15, -0.1) is 0 Å². The number of thiocarbonyl (C=S) groups is 1. The highest BCUT2D eigenvalue weighted by atomic mass is 32.2. The fourth-order valence-corrected chi connectivity index (χ4v) is 3.19. The number of hydrogen-bond donors (Lipinski definition) is 1. The fourth-order valence-electron chi connectivity index (χ4n) is 1.84. The number of thioether (sulfide) groups is 1. The van der Waals surface area contributed by atoms with E-state index in [2.05, 4.69) is 29.6 Å². The second-order valence-electron chi connectivity index (χ2n) is 3.96. The second-order valence-corrected chi connectivity index (χ2v) is 5.49. The van der Waals surface area contributed by atoms with Crippen molar-refractivity contribution < 1.29 is 0 Å². The molecule has 0 radical (unpaired) electrons. The van der Waals surface area contributed by atoms with Gasteiger partial charge in [0.2, 0.25) is 0 Å². The summed E-state index contributed by atoms with van der Waals surface area (Å²) in [5.74, 6) is 0. The molecule has 3 heteroatoms. The molecule has 0 atom stereocenters. The van der Waals surface area contributed by atoms with E-state index in [1.165, 1.54) is 15.4 Å². The minimum Gasteiger partial charge on any atom is -0.346 e. The van der Waals surface area contributed by atoms with Gasteiger partial charge in [-0.05, 0) is 23.8 Å². The van der Waals surface area contributed by atoms with Gasteiger partial charge in [0.1, 0.15) is 4.99 Å². The van der Waals surface area contributed by atoms with Crippen LogP contribution in [-0.4, -0.2) is 4.99 Å². The first-order valence-corrected chi connectivity index (χ1v) is 6.90. The summed E-state index contributed by atoms with van der Waals surface area (Å²) in [4.78, 5) is 3.14. The number of rotatable bonds is 1. The monoisotopic (exact) mass is 269 g/mol. The van der Waals surface area contributed by atoms with Crippen molar-refractivity contribution in [1.82, 2.24) is 0 Å². The summed E-state index contributed by atoms with van der Waals surface area (Å²) in [6.45, 7) is 0. The Kier molecular flexibility index (Phi) is 3.17. The predicted octanol–water partition coefficient (Wildman–Crippen LogP) is 4.57. The predicted molar refractivity (Wildman–Crippen MR) is 82.9 cm³/mol. The third-order valence-electron chi connectivity index (χ3n) is 2.69. The molecule has 0 amide bonds. The Labute approximate surface area is 116 Å². The maximum atomic E-state index is 5.34. The van der Waals surface area contributed by atoms with Gasteiger partial charge in [-0.1, -0.05) is 66.4 Å². The number of benzene rings is 2. The first-order valence-electron chi connectivity index (χ1n) is 5.68. The summed E-state index contributed by atoms with van der Waals surface area (Å²) in [7, 11) is 0. The summed E-state index contributed by atoms with van der Waals surface area (Å²) in [6.07, 6.45) is 2.02. The van der Waals surface area contributed by atoms with Crippen molar-refractivity contribution in [2.45, 2.75) is 4.90 Å². The molecular weight excluding hydrogens is 258 g/mol. The van der Waals surface area contributed by atoms with Gasteiger partial charge >= 0.3 is 0 Å². The van der Waals surface area contributed by atoms with Gasteiger partial charge in [0.05, 0.1) is 5.69 Å². The van der Waals surface area contributed by atoms with Crippen molar-refractivity contribution in [2.24, 2.45) is 0 Å². The number of hydrogen-bond acceptors (Lipinski definition) is 2. The van der Waals surface area contributed by atoms with Crippen LogP contribution in [0.15, 0.2) is 65.6 Å². The van der Waals surface area contributed by atoms with E-state index in [9.17, 15) is 0 Å². The molecule has 1 nitrogen and oxygen atoms in total. The average molecular weight is 269 g/mol. The quantitative estimate of drug-likeness (QED) is 0.761. The molecule has 3 rings (SSSR count). The highest BCUT2D eigenvalue weighted by molar-refractivity contribution is 8.08. The molecule has 0 saturated carbocycles. The highest BCUT2D eigenvalue weighted by Crippen LogP contribution is 2.40. The third-order valence-corrected chi connectivity index (χ3v) is 4.05. The molecular formula is C15H11NS2. The van der Waals surface area contributed by atoms with Crippen LogP contribution in [0.25, 0.3) is 4.91 Å². The van der Waals surface area contributed by atoms with E-state index in [4.69, 9.17) is 12.2 Å². The van der Waals surface area contributed by atoms with Gasteiger partial charge in [-0.2, -0.15) is 0 Å². The molecule has 0 saturated heterocycles. The lowest BCUT2D eigenvalue weighted by Crippen LogP contribution is -2.04. The van der Waals surface area contributed by atoms with Gasteiger partial charge in [0.15, 0.2) is 0 Å². The zero-order valence-electron chi connectivity index (χ0n) is 9.59. The smallest absolute Gasteiger partial charge is 0.104 e. The summed E-state index contributed by atoms with van der Waals surface area (Å²) >= 11 is 7.09. The Balaban J connectivity index is 2.05. The van der Waals surface area contributed by atoms with Gasteiger partial charge in [-0.3, -0.25) is 0 Å². The van der Waals surface area contributed by atoms with E-state index < -0.39 is 0 Å². The fraction of sp³-hybridized carbons (Fsp3) is 0. The molecule has 2 aromatic carbocycles. The van der Waals surface area contributed by atoms with Crippen molar-refractivity contribution >= 4 is 39.6 Å². The Morgan fingerprint density at radius 1 is 0.889 bits per heavy atom. The first-order chi connectivity index (χ1) is 8.83. The standard InChI is InChI=1S/C15H11NS2/c17-15-10-14(11-6-2-1-3-7-11)18-13-9-5-4-8-12(13)16-15/h1-10H,(H,16,17). The van der Waals surface area contributed by atoms with Crippen molar-refractivity contribution in [3.63, 3.8) is 0 Å². The van der Waals surface area contributed by atoms with Crippen molar-refractivity contribution in [3.8, 4) is 0 Å². The van der Waals surface area contributed by atoms with Crippen LogP contribution in [0.3, 0.4) is 0 Å². The summed E-state index contributed by atoms with van der Waals surface area (Å²) < 4.78 is 0. The lowest BCUT2D eigenvalue weighted by Gasteiger charge is -2.07. The van der Waals surface area contributed by atoms with Crippen LogP contribution in [0.2, 0.25) is 0 Å². The third kappa shape index (κ3) is 2.33. The molecule has 1 heterocycles. The van der Waals surface area contributed by atoms with Gasteiger partial charge in [0, 0.05) is 9.80 Å². The van der Waals surface area contributed by atoms with Crippen LogP contribution in [0, 0.1) is 0 Å². The van der Waals surface area contributed by atoms with Crippen LogP contribution >= 0.6 is 24.0 Å².